The van der Waals surface area contributed by atoms with E-state index in [0.717, 1.165) is 5.56 Å². The van der Waals surface area contributed by atoms with E-state index in [1.54, 1.807) is 24.3 Å². The summed E-state index contributed by atoms with van der Waals surface area (Å²) in [4.78, 5) is 0. The second-order valence-corrected chi connectivity index (χ2v) is 4.72. The van der Waals surface area contributed by atoms with Gasteiger partial charge in [0, 0.05) is 0 Å². The second kappa shape index (κ2) is 8.04. The number of ether oxygens (including phenoxy) is 2. The van der Waals surface area contributed by atoms with Gasteiger partial charge in [0.25, 0.3) is 0 Å². The summed E-state index contributed by atoms with van der Waals surface area (Å²) in [5.74, 6) is 1.69. The van der Waals surface area contributed by atoms with Crippen molar-refractivity contribution in [2.75, 3.05) is 14.2 Å². The predicted octanol–water partition coefficient (Wildman–Crippen LogP) is 3.93. The van der Waals surface area contributed by atoms with Crippen molar-refractivity contribution in [1.29, 1.82) is 0 Å². The molecule has 114 valence electrons. The first kappa shape index (κ1) is 16.7. The van der Waals surface area contributed by atoms with Gasteiger partial charge in [-0.1, -0.05) is 38.1 Å². The molecule has 0 amide bonds. The SMILES string of the molecule is CC(C)c1ccccc1O.COc1cccc(OC)c1O. The molecule has 0 fully saturated rings. The van der Waals surface area contributed by atoms with Crippen molar-refractivity contribution in [2.45, 2.75) is 19.8 Å². The van der Waals surface area contributed by atoms with Gasteiger partial charge in [-0.05, 0) is 29.7 Å². The summed E-state index contributed by atoms with van der Waals surface area (Å²) in [7, 11) is 2.99. The zero-order valence-electron chi connectivity index (χ0n) is 12.8. The fourth-order valence-corrected chi connectivity index (χ4v) is 1.81. The lowest BCUT2D eigenvalue weighted by Gasteiger charge is -2.06. The molecule has 0 radical (unpaired) electrons. The highest BCUT2D eigenvalue weighted by atomic mass is 16.5. The first-order valence-electron chi connectivity index (χ1n) is 6.69. The normalized spacial score (nSPS) is 9.76. The average molecular weight is 290 g/mol. The minimum atomic E-state index is 0.0394. The zero-order valence-corrected chi connectivity index (χ0v) is 12.8. The molecule has 0 aromatic heterocycles. The Labute approximate surface area is 125 Å². The molecule has 2 aromatic carbocycles. The maximum Gasteiger partial charge on any atom is 0.200 e. The maximum atomic E-state index is 9.34. The average Bonchev–Trinajstić information content (AvgIpc) is 2.48. The van der Waals surface area contributed by atoms with Gasteiger partial charge in [0.2, 0.25) is 5.75 Å². The van der Waals surface area contributed by atoms with E-state index in [0.29, 0.717) is 23.2 Å². The van der Waals surface area contributed by atoms with Crippen LogP contribution in [0.1, 0.15) is 25.3 Å². The van der Waals surface area contributed by atoms with Crippen LogP contribution in [0.25, 0.3) is 0 Å². The molecule has 0 aliphatic rings. The Hall–Kier alpha value is -2.36. The molecule has 0 aliphatic heterocycles. The van der Waals surface area contributed by atoms with Crippen LogP contribution >= 0.6 is 0 Å². The number of para-hydroxylation sites is 2. The smallest absolute Gasteiger partial charge is 0.200 e. The van der Waals surface area contributed by atoms with Gasteiger partial charge in [0.15, 0.2) is 11.5 Å². The molecule has 4 heteroatoms. The molecule has 2 rings (SSSR count). The van der Waals surface area contributed by atoms with Gasteiger partial charge < -0.3 is 19.7 Å². The number of rotatable bonds is 3. The van der Waals surface area contributed by atoms with Gasteiger partial charge in [0.1, 0.15) is 5.75 Å². The molecule has 0 unspecified atom stereocenters. The highest BCUT2D eigenvalue weighted by Crippen LogP contribution is 2.34. The minimum absolute atomic E-state index is 0.0394. The van der Waals surface area contributed by atoms with Crippen molar-refractivity contribution >= 4 is 0 Å². The van der Waals surface area contributed by atoms with E-state index in [-0.39, 0.29) is 5.75 Å². The number of phenolic OH excluding ortho intramolecular Hbond substituents is 2. The topological polar surface area (TPSA) is 58.9 Å². The Balaban J connectivity index is 0.000000211. The predicted molar refractivity (Wildman–Crippen MR) is 83.4 cm³/mol. The molecule has 0 aliphatic carbocycles. The summed E-state index contributed by atoms with van der Waals surface area (Å²) in [6, 6.07) is 12.5. The molecule has 2 N–H and O–H groups in total. The number of methoxy groups -OCH3 is 2. The third-order valence-corrected chi connectivity index (χ3v) is 2.96. The Morgan fingerprint density at radius 2 is 1.33 bits per heavy atom. The van der Waals surface area contributed by atoms with Crippen LogP contribution in [0.4, 0.5) is 0 Å². The monoisotopic (exact) mass is 290 g/mol. The molecule has 0 heterocycles. The van der Waals surface area contributed by atoms with Crippen molar-refractivity contribution < 1.29 is 19.7 Å². The van der Waals surface area contributed by atoms with Gasteiger partial charge in [-0.15, -0.1) is 0 Å². The zero-order chi connectivity index (χ0) is 15.8. The molecular weight excluding hydrogens is 268 g/mol. The van der Waals surface area contributed by atoms with Gasteiger partial charge in [-0.25, -0.2) is 0 Å². The first-order valence-corrected chi connectivity index (χ1v) is 6.69. The van der Waals surface area contributed by atoms with E-state index in [1.165, 1.54) is 14.2 Å². The van der Waals surface area contributed by atoms with E-state index >= 15 is 0 Å². The summed E-state index contributed by atoms with van der Waals surface area (Å²) < 4.78 is 9.71. The summed E-state index contributed by atoms with van der Waals surface area (Å²) in [5, 5.41) is 18.6. The first-order chi connectivity index (χ1) is 10.0. The molecule has 21 heavy (non-hydrogen) atoms. The van der Waals surface area contributed by atoms with Crippen LogP contribution in [0.5, 0.6) is 23.0 Å². The van der Waals surface area contributed by atoms with Crippen LogP contribution in [0.2, 0.25) is 0 Å². The molecule has 0 bridgehead atoms. The van der Waals surface area contributed by atoms with Crippen LogP contribution in [0.3, 0.4) is 0 Å². The molecule has 0 atom stereocenters. The highest BCUT2D eigenvalue weighted by Gasteiger charge is 2.05. The van der Waals surface area contributed by atoms with Crippen molar-refractivity contribution in [3.63, 3.8) is 0 Å². The van der Waals surface area contributed by atoms with E-state index in [9.17, 15) is 10.2 Å². The number of hydrogen-bond donors (Lipinski definition) is 2. The van der Waals surface area contributed by atoms with Gasteiger partial charge >= 0.3 is 0 Å². The number of hydrogen-bond acceptors (Lipinski definition) is 4. The van der Waals surface area contributed by atoms with Crippen LogP contribution in [-0.2, 0) is 0 Å². The van der Waals surface area contributed by atoms with Crippen LogP contribution in [0, 0.1) is 0 Å². The third-order valence-electron chi connectivity index (χ3n) is 2.96. The molecule has 0 saturated carbocycles. The van der Waals surface area contributed by atoms with Crippen molar-refractivity contribution in [2.24, 2.45) is 0 Å². The van der Waals surface area contributed by atoms with Gasteiger partial charge in [-0.3, -0.25) is 0 Å². The van der Waals surface area contributed by atoms with Crippen molar-refractivity contribution in [1.82, 2.24) is 0 Å². The Morgan fingerprint density at radius 3 is 1.71 bits per heavy atom. The van der Waals surface area contributed by atoms with Crippen LogP contribution in [0.15, 0.2) is 42.5 Å². The molecular formula is C17H22O4. The van der Waals surface area contributed by atoms with E-state index < -0.39 is 0 Å². The molecule has 0 spiro atoms. The van der Waals surface area contributed by atoms with Gasteiger partial charge in [-0.2, -0.15) is 0 Å². The number of benzene rings is 2. The number of phenols is 2. The lowest BCUT2D eigenvalue weighted by molar-refractivity contribution is 0.340. The van der Waals surface area contributed by atoms with E-state index in [4.69, 9.17) is 9.47 Å². The number of aromatic hydroxyl groups is 2. The minimum Gasteiger partial charge on any atom is -0.508 e. The van der Waals surface area contributed by atoms with Gasteiger partial charge in [0.05, 0.1) is 14.2 Å². The molecule has 2 aromatic rings. The van der Waals surface area contributed by atoms with Crippen molar-refractivity contribution in [3.05, 3.63) is 48.0 Å². The Morgan fingerprint density at radius 1 is 0.810 bits per heavy atom. The van der Waals surface area contributed by atoms with Crippen LogP contribution < -0.4 is 9.47 Å². The molecule has 0 saturated heterocycles. The van der Waals surface area contributed by atoms with Crippen molar-refractivity contribution in [3.8, 4) is 23.0 Å². The maximum absolute atomic E-state index is 9.34. The largest absolute Gasteiger partial charge is 0.508 e. The molecule has 4 nitrogen and oxygen atoms in total. The summed E-state index contributed by atoms with van der Waals surface area (Å²) in [6.07, 6.45) is 0. The van der Waals surface area contributed by atoms with E-state index in [1.807, 2.05) is 18.2 Å². The fourth-order valence-electron chi connectivity index (χ4n) is 1.81. The third kappa shape index (κ3) is 4.60. The fraction of sp³-hybridized carbons (Fsp3) is 0.294. The summed E-state index contributed by atoms with van der Waals surface area (Å²) in [6.45, 7) is 4.13. The lowest BCUT2D eigenvalue weighted by Crippen LogP contribution is -1.87. The Bertz CT molecular complexity index is 542. The summed E-state index contributed by atoms with van der Waals surface area (Å²) in [5.41, 5.74) is 1.02. The quantitative estimate of drug-likeness (QED) is 0.899. The summed E-state index contributed by atoms with van der Waals surface area (Å²) >= 11 is 0. The lowest BCUT2D eigenvalue weighted by atomic mass is 10.0. The van der Waals surface area contributed by atoms with E-state index in [2.05, 4.69) is 13.8 Å². The second-order valence-electron chi connectivity index (χ2n) is 4.72. The highest BCUT2D eigenvalue weighted by molar-refractivity contribution is 5.49. The standard InChI is InChI=1S/C9H12O.C8H10O3/c1-7(2)8-5-3-4-6-9(8)10;1-10-6-4-3-5-7(11-2)8(6)9/h3-7,10H,1-2H3;3-5,9H,1-2H3. The van der Waals surface area contributed by atoms with Crippen LogP contribution in [-0.4, -0.2) is 24.4 Å². The Kier molecular flexibility index (Phi) is 6.40.